The maximum atomic E-state index is 13.5. The Morgan fingerprint density at radius 1 is 1.13 bits per heavy atom. The number of carbonyl (C=O) groups excluding carboxylic acids is 1. The third-order valence-corrected chi connectivity index (χ3v) is 8.29. The molecule has 1 heterocycles. The first-order chi connectivity index (χ1) is 14.7. The summed E-state index contributed by atoms with van der Waals surface area (Å²) in [5.41, 5.74) is 0.797. The molecule has 2 aliphatic carbocycles. The maximum absolute atomic E-state index is 13.5. The molecule has 3 fully saturated rings. The molecule has 0 atom stereocenters. The second-order valence-corrected chi connectivity index (χ2v) is 11.1. The van der Waals surface area contributed by atoms with Crippen LogP contribution in [0.5, 0.6) is 0 Å². The predicted molar refractivity (Wildman–Crippen MR) is 123 cm³/mol. The van der Waals surface area contributed by atoms with Gasteiger partial charge in [-0.1, -0.05) is 36.8 Å². The van der Waals surface area contributed by atoms with Crippen molar-refractivity contribution in [2.24, 2.45) is 11.3 Å². The highest BCUT2D eigenvalue weighted by atomic mass is 16.2. The molecule has 0 radical (unpaired) electrons. The molecule has 4 rings (SSSR count). The molecule has 2 saturated carbocycles. The van der Waals surface area contributed by atoms with Gasteiger partial charge in [0.15, 0.2) is 0 Å². The Kier molecular flexibility index (Phi) is 5.81. The van der Waals surface area contributed by atoms with E-state index in [9.17, 15) is 10.1 Å². The molecule has 0 unspecified atom stereocenters. The van der Waals surface area contributed by atoms with Crippen LogP contribution in [0, 0.1) is 22.7 Å². The molecule has 0 N–H and O–H groups in total. The lowest BCUT2D eigenvalue weighted by atomic mass is 9.68. The van der Waals surface area contributed by atoms with Gasteiger partial charge in [-0.25, -0.2) is 4.79 Å². The Labute approximate surface area is 188 Å². The zero-order valence-corrected chi connectivity index (χ0v) is 19.7. The molecule has 1 aromatic rings. The first-order valence-corrected chi connectivity index (χ1v) is 11.9. The van der Waals surface area contributed by atoms with E-state index in [0.29, 0.717) is 12.5 Å². The highest BCUT2D eigenvalue weighted by Gasteiger charge is 2.55. The SMILES string of the molecule is CN(C)[C@]1(c2ccccc2)CC[C@]2(CC1)CN(CC(C)(C)C#N)C(=O)N2CC1CCC1. The number of hydrogen-bond donors (Lipinski definition) is 0. The lowest BCUT2D eigenvalue weighted by molar-refractivity contribution is 0.0158. The van der Waals surface area contributed by atoms with Crippen molar-refractivity contribution in [2.75, 3.05) is 33.7 Å². The van der Waals surface area contributed by atoms with Gasteiger partial charge in [0, 0.05) is 25.2 Å². The van der Waals surface area contributed by atoms with Gasteiger partial charge in [0.25, 0.3) is 0 Å². The molecule has 31 heavy (non-hydrogen) atoms. The minimum absolute atomic E-state index is 0.0248. The number of rotatable bonds is 6. The molecular formula is C26H38N4O. The van der Waals surface area contributed by atoms with E-state index in [1.165, 1.54) is 24.8 Å². The monoisotopic (exact) mass is 422 g/mol. The van der Waals surface area contributed by atoms with E-state index in [4.69, 9.17) is 0 Å². The summed E-state index contributed by atoms with van der Waals surface area (Å²) < 4.78 is 0. The van der Waals surface area contributed by atoms with Gasteiger partial charge in [-0.2, -0.15) is 5.26 Å². The summed E-state index contributed by atoms with van der Waals surface area (Å²) in [6.07, 6.45) is 7.92. The first-order valence-electron chi connectivity index (χ1n) is 11.9. The highest BCUT2D eigenvalue weighted by molar-refractivity contribution is 5.78. The minimum atomic E-state index is -0.518. The van der Waals surface area contributed by atoms with Crippen LogP contribution in [0.4, 0.5) is 4.79 Å². The van der Waals surface area contributed by atoms with Crippen LogP contribution in [0.15, 0.2) is 30.3 Å². The Morgan fingerprint density at radius 2 is 1.77 bits per heavy atom. The summed E-state index contributed by atoms with van der Waals surface area (Å²) in [5, 5.41) is 9.55. The van der Waals surface area contributed by atoms with Crippen molar-refractivity contribution in [1.29, 1.82) is 5.26 Å². The molecule has 5 nitrogen and oxygen atoms in total. The van der Waals surface area contributed by atoms with Crippen molar-refractivity contribution in [2.45, 2.75) is 69.9 Å². The number of nitrogens with zero attached hydrogens (tertiary/aromatic N) is 4. The van der Waals surface area contributed by atoms with Crippen molar-refractivity contribution in [3.05, 3.63) is 35.9 Å². The Morgan fingerprint density at radius 3 is 2.29 bits per heavy atom. The number of nitriles is 1. The van der Waals surface area contributed by atoms with Gasteiger partial charge in [0.2, 0.25) is 0 Å². The Bertz CT molecular complexity index is 829. The number of amides is 2. The van der Waals surface area contributed by atoms with Crippen molar-refractivity contribution >= 4 is 6.03 Å². The molecule has 1 aliphatic heterocycles. The predicted octanol–water partition coefficient (Wildman–Crippen LogP) is 4.84. The molecule has 5 heteroatoms. The van der Waals surface area contributed by atoms with Crippen molar-refractivity contribution in [3.8, 4) is 6.07 Å². The van der Waals surface area contributed by atoms with Gasteiger partial charge in [0.1, 0.15) is 0 Å². The normalized spacial score (nSPS) is 29.5. The van der Waals surface area contributed by atoms with Gasteiger partial charge in [-0.3, -0.25) is 4.90 Å². The molecule has 168 valence electrons. The van der Waals surface area contributed by atoms with Crippen LogP contribution < -0.4 is 0 Å². The second-order valence-electron chi connectivity index (χ2n) is 11.1. The zero-order valence-electron chi connectivity index (χ0n) is 19.7. The van der Waals surface area contributed by atoms with E-state index < -0.39 is 5.41 Å². The number of hydrogen-bond acceptors (Lipinski definition) is 3. The Hall–Kier alpha value is -2.06. The van der Waals surface area contributed by atoms with E-state index in [-0.39, 0.29) is 17.1 Å². The number of carbonyl (C=O) groups is 1. The summed E-state index contributed by atoms with van der Waals surface area (Å²) in [6.45, 7) is 6.05. The third kappa shape index (κ3) is 3.96. The van der Waals surface area contributed by atoms with Crippen LogP contribution in [-0.2, 0) is 5.54 Å². The molecule has 1 saturated heterocycles. The molecule has 3 aliphatic rings. The lowest BCUT2D eigenvalue weighted by Gasteiger charge is -2.51. The highest BCUT2D eigenvalue weighted by Crippen LogP contribution is 2.49. The van der Waals surface area contributed by atoms with Gasteiger partial charge in [-0.05, 0) is 77.9 Å². The van der Waals surface area contributed by atoms with Gasteiger partial charge in [0.05, 0.1) is 17.0 Å². The van der Waals surface area contributed by atoms with Crippen molar-refractivity contribution < 1.29 is 4.79 Å². The van der Waals surface area contributed by atoms with E-state index in [1.54, 1.807) is 0 Å². The van der Waals surface area contributed by atoms with Crippen LogP contribution in [-0.4, -0.2) is 60.0 Å². The number of urea groups is 1. The summed E-state index contributed by atoms with van der Waals surface area (Å²) in [5.74, 6) is 0.652. The van der Waals surface area contributed by atoms with Gasteiger partial charge < -0.3 is 9.80 Å². The van der Waals surface area contributed by atoms with E-state index >= 15 is 0 Å². The molecule has 0 aromatic heterocycles. The van der Waals surface area contributed by atoms with Crippen LogP contribution in [0.25, 0.3) is 0 Å². The summed E-state index contributed by atoms with van der Waals surface area (Å²) >= 11 is 0. The fourth-order valence-corrected chi connectivity index (χ4v) is 6.02. The van der Waals surface area contributed by atoms with Crippen LogP contribution in [0.3, 0.4) is 0 Å². The fraction of sp³-hybridized carbons (Fsp3) is 0.692. The summed E-state index contributed by atoms with van der Waals surface area (Å²) in [6, 6.07) is 13.4. The molecular weight excluding hydrogens is 384 g/mol. The smallest absolute Gasteiger partial charge is 0.320 e. The van der Waals surface area contributed by atoms with Gasteiger partial charge in [-0.15, -0.1) is 0 Å². The summed E-state index contributed by atoms with van der Waals surface area (Å²) in [7, 11) is 4.39. The van der Waals surface area contributed by atoms with Crippen LogP contribution >= 0.6 is 0 Å². The standard InChI is InChI=1S/C26H38N4O/c1-24(2,18-27)19-29-20-25(30(23(29)31)17-21-9-8-10-21)13-15-26(16-14-25,28(3)4)22-11-6-5-7-12-22/h5-7,11-12,21H,8-10,13-17,19-20H2,1-4H3/t25-,26+. The third-order valence-electron chi connectivity index (χ3n) is 8.29. The average Bonchev–Trinajstić information content (AvgIpc) is 2.96. The Balaban J connectivity index is 1.59. The van der Waals surface area contributed by atoms with Crippen LogP contribution in [0.1, 0.15) is 64.4 Å². The second kappa shape index (κ2) is 8.13. The van der Waals surface area contributed by atoms with Crippen LogP contribution in [0.2, 0.25) is 0 Å². The number of benzene rings is 1. The average molecular weight is 423 g/mol. The van der Waals surface area contributed by atoms with Gasteiger partial charge >= 0.3 is 6.03 Å². The summed E-state index contributed by atoms with van der Waals surface area (Å²) in [4.78, 5) is 20.1. The minimum Gasteiger partial charge on any atom is -0.321 e. The molecule has 1 spiro atoms. The maximum Gasteiger partial charge on any atom is 0.320 e. The quantitative estimate of drug-likeness (QED) is 0.659. The van der Waals surface area contributed by atoms with E-state index in [0.717, 1.165) is 38.8 Å². The fourth-order valence-electron chi connectivity index (χ4n) is 6.02. The molecule has 2 amide bonds. The lowest BCUT2D eigenvalue weighted by Crippen LogP contribution is -2.56. The van der Waals surface area contributed by atoms with E-state index in [1.807, 2.05) is 18.7 Å². The molecule has 1 aromatic carbocycles. The largest absolute Gasteiger partial charge is 0.321 e. The zero-order chi connectivity index (χ0) is 22.3. The van der Waals surface area contributed by atoms with Crippen molar-refractivity contribution in [3.63, 3.8) is 0 Å². The van der Waals surface area contributed by atoms with Crippen molar-refractivity contribution in [1.82, 2.24) is 14.7 Å². The topological polar surface area (TPSA) is 50.6 Å². The van der Waals surface area contributed by atoms with E-state index in [2.05, 4.69) is 60.3 Å². The molecule has 0 bridgehead atoms. The first kappa shape index (κ1) is 22.1.